The third-order valence-electron chi connectivity index (χ3n) is 4.54. The molecule has 5 nitrogen and oxygen atoms in total. The topological polar surface area (TPSA) is 59.5 Å². The van der Waals surface area contributed by atoms with E-state index < -0.39 is 0 Å². The fraction of sp³-hybridized carbons (Fsp3) is 0.600. The molecule has 1 aliphatic rings. The molecule has 0 amide bonds. The highest BCUT2D eigenvalue weighted by Crippen LogP contribution is 2.30. The number of nitrogens with two attached hydrogens (primary N) is 1. The van der Waals surface area contributed by atoms with Crippen molar-refractivity contribution >= 4 is 11.5 Å². The molecule has 0 radical (unpaired) electrons. The number of rotatable bonds is 3. The molecule has 20 heavy (non-hydrogen) atoms. The van der Waals surface area contributed by atoms with Gasteiger partial charge in [0.05, 0.1) is 0 Å². The van der Waals surface area contributed by atoms with Crippen LogP contribution in [0, 0.1) is 12.8 Å². The van der Waals surface area contributed by atoms with Crippen molar-refractivity contribution in [2.24, 2.45) is 11.7 Å². The van der Waals surface area contributed by atoms with E-state index in [1.165, 1.54) is 31.2 Å². The van der Waals surface area contributed by atoms with Crippen LogP contribution < -0.4 is 10.6 Å². The van der Waals surface area contributed by atoms with Gasteiger partial charge in [-0.1, -0.05) is 12.8 Å². The molecule has 5 heteroatoms. The average Bonchev–Trinajstić information content (AvgIpc) is 2.93. The van der Waals surface area contributed by atoms with E-state index in [0.29, 0.717) is 12.0 Å². The minimum Gasteiger partial charge on any atom is -0.356 e. The maximum absolute atomic E-state index is 5.97. The van der Waals surface area contributed by atoms with Crippen LogP contribution >= 0.6 is 0 Å². The fourth-order valence-electron chi connectivity index (χ4n) is 3.43. The molecule has 1 aliphatic carbocycles. The van der Waals surface area contributed by atoms with Gasteiger partial charge in [-0.05, 0) is 49.9 Å². The second kappa shape index (κ2) is 5.40. The normalized spacial score (nSPS) is 23.1. The summed E-state index contributed by atoms with van der Waals surface area (Å²) in [5.74, 6) is 1.69. The fourth-order valence-corrected chi connectivity index (χ4v) is 3.43. The van der Waals surface area contributed by atoms with Crippen LogP contribution in [0.1, 0.15) is 31.2 Å². The Kier molecular flexibility index (Phi) is 3.61. The van der Waals surface area contributed by atoms with Crippen LogP contribution in [0.5, 0.6) is 0 Å². The van der Waals surface area contributed by atoms with Gasteiger partial charge in [0.1, 0.15) is 12.1 Å². The van der Waals surface area contributed by atoms with Crippen molar-refractivity contribution < 1.29 is 0 Å². The molecule has 2 heterocycles. The number of pyridine rings is 1. The lowest BCUT2D eigenvalue weighted by molar-refractivity contribution is 0.305. The first-order valence-electron chi connectivity index (χ1n) is 7.44. The van der Waals surface area contributed by atoms with Crippen LogP contribution in [0.3, 0.4) is 0 Å². The largest absolute Gasteiger partial charge is 0.356 e. The lowest BCUT2D eigenvalue weighted by Gasteiger charge is -2.38. The van der Waals surface area contributed by atoms with Gasteiger partial charge in [-0.3, -0.25) is 0 Å². The van der Waals surface area contributed by atoms with Gasteiger partial charge in [0.25, 0.3) is 0 Å². The van der Waals surface area contributed by atoms with Crippen molar-refractivity contribution in [2.75, 3.05) is 18.5 Å². The van der Waals surface area contributed by atoms with Gasteiger partial charge in [-0.25, -0.2) is 4.98 Å². The monoisotopic (exact) mass is 273 g/mol. The molecule has 0 aromatic carbocycles. The summed E-state index contributed by atoms with van der Waals surface area (Å²) in [4.78, 5) is 6.66. The Morgan fingerprint density at radius 2 is 2.15 bits per heavy atom. The number of nitrogens with zero attached hydrogens (tertiary/aromatic N) is 4. The second-order valence-electron chi connectivity index (χ2n) is 5.88. The van der Waals surface area contributed by atoms with Crippen molar-refractivity contribution in [3.63, 3.8) is 0 Å². The van der Waals surface area contributed by atoms with Crippen molar-refractivity contribution in [1.29, 1.82) is 0 Å². The zero-order chi connectivity index (χ0) is 14.1. The summed E-state index contributed by atoms with van der Waals surface area (Å²) in [5.41, 5.74) is 8.10. The quantitative estimate of drug-likeness (QED) is 0.929. The Bertz CT molecular complexity index is 591. The second-order valence-corrected chi connectivity index (χ2v) is 5.88. The smallest absolute Gasteiger partial charge is 0.157 e. The van der Waals surface area contributed by atoms with Gasteiger partial charge in [-0.15, -0.1) is 0 Å². The summed E-state index contributed by atoms with van der Waals surface area (Å²) < 4.78 is 1.93. The first kappa shape index (κ1) is 13.4. The van der Waals surface area contributed by atoms with Gasteiger partial charge < -0.3 is 10.6 Å². The lowest BCUT2D eigenvalue weighted by Crippen LogP contribution is -2.44. The van der Waals surface area contributed by atoms with Crippen LogP contribution in [-0.2, 0) is 0 Å². The molecule has 2 unspecified atom stereocenters. The molecular weight excluding hydrogens is 250 g/mol. The Morgan fingerprint density at radius 1 is 1.35 bits per heavy atom. The van der Waals surface area contributed by atoms with E-state index in [1.807, 2.05) is 4.52 Å². The van der Waals surface area contributed by atoms with Crippen molar-refractivity contribution in [3.8, 4) is 0 Å². The number of aryl methyl sites for hydroxylation is 1. The van der Waals surface area contributed by atoms with Crippen LogP contribution in [0.4, 0.5) is 5.82 Å². The Balaban J connectivity index is 1.98. The number of hydrogen-bond acceptors (Lipinski definition) is 4. The SMILES string of the molecule is Cc1cc(N(C)C2CCCCC2CN)n2ncnc2c1. The van der Waals surface area contributed by atoms with Crippen LogP contribution in [0.25, 0.3) is 5.65 Å². The minimum atomic E-state index is 0.503. The molecular formula is C15H23N5. The Morgan fingerprint density at radius 3 is 2.95 bits per heavy atom. The highest BCUT2D eigenvalue weighted by molar-refractivity contribution is 5.53. The van der Waals surface area contributed by atoms with E-state index in [-0.39, 0.29) is 0 Å². The van der Waals surface area contributed by atoms with E-state index in [2.05, 4.69) is 41.1 Å². The number of anilines is 1. The summed E-state index contributed by atoms with van der Waals surface area (Å²) in [5, 5.41) is 4.36. The number of fused-ring (bicyclic) bond motifs is 1. The molecule has 2 aromatic rings. The summed E-state index contributed by atoms with van der Waals surface area (Å²) in [6, 6.07) is 4.75. The Labute approximate surface area is 119 Å². The molecule has 2 N–H and O–H groups in total. The maximum Gasteiger partial charge on any atom is 0.157 e. The molecule has 0 spiro atoms. The van der Waals surface area contributed by atoms with E-state index in [1.54, 1.807) is 6.33 Å². The van der Waals surface area contributed by atoms with Gasteiger partial charge in [0.2, 0.25) is 0 Å². The predicted molar refractivity (Wildman–Crippen MR) is 80.9 cm³/mol. The first-order chi connectivity index (χ1) is 9.70. The zero-order valence-electron chi connectivity index (χ0n) is 12.3. The van der Waals surface area contributed by atoms with Gasteiger partial charge in [-0.2, -0.15) is 9.61 Å². The highest BCUT2D eigenvalue weighted by atomic mass is 15.4. The summed E-state index contributed by atoms with van der Waals surface area (Å²) >= 11 is 0. The molecule has 1 saturated carbocycles. The lowest BCUT2D eigenvalue weighted by atomic mass is 9.83. The van der Waals surface area contributed by atoms with E-state index in [9.17, 15) is 0 Å². The van der Waals surface area contributed by atoms with E-state index >= 15 is 0 Å². The maximum atomic E-state index is 5.97. The summed E-state index contributed by atoms with van der Waals surface area (Å²) in [6.07, 6.45) is 6.66. The molecule has 0 aliphatic heterocycles. The minimum absolute atomic E-state index is 0.503. The zero-order valence-corrected chi connectivity index (χ0v) is 12.3. The molecule has 2 aromatic heterocycles. The van der Waals surface area contributed by atoms with Crippen molar-refractivity contribution in [2.45, 2.75) is 38.6 Å². The summed E-state index contributed by atoms with van der Waals surface area (Å²) in [7, 11) is 2.16. The number of hydrogen-bond donors (Lipinski definition) is 1. The van der Waals surface area contributed by atoms with Crippen molar-refractivity contribution in [3.05, 3.63) is 24.0 Å². The van der Waals surface area contributed by atoms with E-state index in [4.69, 9.17) is 5.73 Å². The van der Waals surface area contributed by atoms with Crippen LogP contribution in [-0.4, -0.2) is 34.2 Å². The third kappa shape index (κ3) is 2.26. The standard InChI is InChI=1S/C15H23N5/c1-11-7-14-17-10-18-20(14)15(8-11)19(2)13-6-4-3-5-12(13)9-16/h7-8,10,12-13H,3-6,9,16H2,1-2H3. The summed E-state index contributed by atoms with van der Waals surface area (Å²) in [6.45, 7) is 2.87. The van der Waals surface area contributed by atoms with Crippen LogP contribution in [0.15, 0.2) is 18.5 Å². The molecule has 1 fully saturated rings. The third-order valence-corrected chi connectivity index (χ3v) is 4.54. The van der Waals surface area contributed by atoms with Crippen LogP contribution in [0.2, 0.25) is 0 Å². The van der Waals surface area contributed by atoms with Crippen molar-refractivity contribution in [1.82, 2.24) is 14.6 Å². The first-order valence-corrected chi connectivity index (χ1v) is 7.44. The Hall–Kier alpha value is -1.62. The molecule has 108 valence electrons. The molecule has 2 atom stereocenters. The molecule has 0 saturated heterocycles. The highest BCUT2D eigenvalue weighted by Gasteiger charge is 2.28. The predicted octanol–water partition coefficient (Wildman–Crippen LogP) is 1.99. The van der Waals surface area contributed by atoms with Gasteiger partial charge in [0, 0.05) is 13.1 Å². The van der Waals surface area contributed by atoms with E-state index in [0.717, 1.165) is 18.0 Å². The molecule has 3 rings (SSSR count). The number of aromatic nitrogens is 3. The van der Waals surface area contributed by atoms with Gasteiger partial charge >= 0.3 is 0 Å². The van der Waals surface area contributed by atoms with Gasteiger partial charge in [0.15, 0.2) is 5.65 Å². The average molecular weight is 273 g/mol. The molecule has 0 bridgehead atoms.